The number of hydrogen-bond acceptors (Lipinski definition) is 4. The first kappa shape index (κ1) is 21.5. The van der Waals surface area contributed by atoms with E-state index in [-0.39, 0.29) is 24.0 Å². The van der Waals surface area contributed by atoms with Crippen molar-refractivity contribution in [3.63, 3.8) is 0 Å². The molecule has 2 N–H and O–H groups in total. The van der Waals surface area contributed by atoms with Crippen LogP contribution >= 0.6 is 24.0 Å². The van der Waals surface area contributed by atoms with Crippen LogP contribution in [0.25, 0.3) is 0 Å². The molecule has 7 nitrogen and oxygen atoms in total. The number of guanidine groups is 1. The smallest absolute Gasteiger partial charge is 0.191 e. The molecule has 1 fully saturated rings. The Bertz CT molecular complexity index is 726. The lowest BCUT2D eigenvalue weighted by atomic mass is 10.2. The molecule has 0 radical (unpaired) electrons. The SMILES string of the molecule is CCNC(=NCc1nncn1CC)NC1CCN(c2ccc(C)cc2)C1.I. The van der Waals surface area contributed by atoms with Crippen LogP contribution in [0, 0.1) is 6.92 Å². The summed E-state index contributed by atoms with van der Waals surface area (Å²) in [6.45, 7) is 10.5. The molecule has 148 valence electrons. The number of halogens is 1. The van der Waals surface area contributed by atoms with Crippen molar-refractivity contribution in [2.24, 2.45) is 4.99 Å². The largest absolute Gasteiger partial charge is 0.369 e. The molecule has 0 saturated carbocycles. The van der Waals surface area contributed by atoms with Crippen LogP contribution in [-0.2, 0) is 13.1 Å². The zero-order valence-corrected chi connectivity index (χ0v) is 18.7. The molecule has 1 atom stereocenters. The Morgan fingerprint density at radius 1 is 1.26 bits per heavy atom. The topological polar surface area (TPSA) is 70.4 Å². The Kier molecular flexibility index (Phi) is 8.33. The predicted octanol–water partition coefficient (Wildman–Crippen LogP) is 2.56. The first-order chi connectivity index (χ1) is 12.7. The molecule has 0 bridgehead atoms. The summed E-state index contributed by atoms with van der Waals surface area (Å²) < 4.78 is 2.02. The van der Waals surface area contributed by atoms with Crippen LogP contribution in [0.1, 0.15) is 31.7 Å². The van der Waals surface area contributed by atoms with E-state index in [1.807, 2.05) is 4.57 Å². The molecule has 1 unspecified atom stereocenters. The van der Waals surface area contributed by atoms with E-state index < -0.39 is 0 Å². The number of nitrogens with one attached hydrogen (secondary N) is 2. The van der Waals surface area contributed by atoms with Crippen molar-refractivity contribution in [1.82, 2.24) is 25.4 Å². The second-order valence-corrected chi connectivity index (χ2v) is 6.64. The van der Waals surface area contributed by atoms with Crippen LogP contribution in [0.15, 0.2) is 35.6 Å². The minimum atomic E-state index is 0. The van der Waals surface area contributed by atoms with Gasteiger partial charge in [-0.1, -0.05) is 17.7 Å². The minimum Gasteiger partial charge on any atom is -0.369 e. The number of benzene rings is 1. The van der Waals surface area contributed by atoms with Gasteiger partial charge in [-0.2, -0.15) is 0 Å². The van der Waals surface area contributed by atoms with Gasteiger partial charge in [-0.15, -0.1) is 34.2 Å². The summed E-state index contributed by atoms with van der Waals surface area (Å²) in [7, 11) is 0. The van der Waals surface area contributed by atoms with E-state index in [1.54, 1.807) is 6.33 Å². The lowest BCUT2D eigenvalue weighted by Crippen LogP contribution is -2.44. The molecule has 1 aliphatic heterocycles. The second kappa shape index (κ2) is 10.5. The summed E-state index contributed by atoms with van der Waals surface area (Å²) in [5.74, 6) is 1.73. The molecule has 0 amide bonds. The van der Waals surface area contributed by atoms with E-state index in [4.69, 9.17) is 0 Å². The quantitative estimate of drug-likeness (QED) is 0.376. The van der Waals surface area contributed by atoms with E-state index in [0.717, 1.165) is 44.4 Å². The number of hydrogen-bond donors (Lipinski definition) is 2. The van der Waals surface area contributed by atoms with Crippen molar-refractivity contribution in [2.45, 2.75) is 46.3 Å². The number of aryl methyl sites for hydroxylation is 2. The van der Waals surface area contributed by atoms with Gasteiger partial charge in [0.1, 0.15) is 12.9 Å². The summed E-state index contributed by atoms with van der Waals surface area (Å²) in [5.41, 5.74) is 2.59. The summed E-state index contributed by atoms with van der Waals surface area (Å²) in [6, 6.07) is 9.14. The highest BCUT2D eigenvalue weighted by Gasteiger charge is 2.23. The third kappa shape index (κ3) is 5.82. The molecule has 3 rings (SSSR count). The highest BCUT2D eigenvalue weighted by molar-refractivity contribution is 14.0. The third-order valence-corrected chi connectivity index (χ3v) is 4.69. The summed E-state index contributed by atoms with van der Waals surface area (Å²) >= 11 is 0. The predicted molar refractivity (Wildman–Crippen MR) is 121 cm³/mol. The van der Waals surface area contributed by atoms with Gasteiger partial charge in [0.05, 0.1) is 0 Å². The van der Waals surface area contributed by atoms with Crippen LogP contribution in [0.4, 0.5) is 5.69 Å². The maximum absolute atomic E-state index is 4.69. The number of anilines is 1. The maximum atomic E-state index is 4.69. The van der Waals surface area contributed by atoms with Crippen LogP contribution < -0.4 is 15.5 Å². The van der Waals surface area contributed by atoms with E-state index in [9.17, 15) is 0 Å². The normalized spacial score (nSPS) is 16.9. The Morgan fingerprint density at radius 3 is 2.74 bits per heavy atom. The van der Waals surface area contributed by atoms with Gasteiger partial charge < -0.3 is 20.1 Å². The van der Waals surface area contributed by atoms with Crippen molar-refractivity contribution in [2.75, 3.05) is 24.5 Å². The van der Waals surface area contributed by atoms with Crippen LogP contribution in [0.2, 0.25) is 0 Å². The van der Waals surface area contributed by atoms with E-state index in [0.29, 0.717) is 12.6 Å². The second-order valence-electron chi connectivity index (χ2n) is 6.64. The lowest BCUT2D eigenvalue weighted by Gasteiger charge is -2.20. The van der Waals surface area contributed by atoms with Crippen LogP contribution in [-0.4, -0.2) is 46.4 Å². The fourth-order valence-corrected chi connectivity index (χ4v) is 3.20. The monoisotopic (exact) mass is 483 g/mol. The Labute approximate surface area is 178 Å². The van der Waals surface area contributed by atoms with Crippen LogP contribution in [0.5, 0.6) is 0 Å². The van der Waals surface area contributed by atoms with Gasteiger partial charge in [-0.3, -0.25) is 0 Å². The Hall–Kier alpha value is -1.84. The van der Waals surface area contributed by atoms with E-state index in [1.165, 1.54) is 11.3 Å². The summed E-state index contributed by atoms with van der Waals surface area (Å²) in [6.07, 6.45) is 2.85. The van der Waals surface area contributed by atoms with E-state index in [2.05, 4.69) is 75.8 Å². The third-order valence-electron chi connectivity index (χ3n) is 4.69. The van der Waals surface area contributed by atoms with Crippen molar-refractivity contribution in [1.29, 1.82) is 0 Å². The molecule has 8 heteroatoms. The molecule has 0 spiro atoms. The van der Waals surface area contributed by atoms with Gasteiger partial charge in [0.25, 0.3) is 0 Å². The number of nitrogens with zero attached hydrogens (tertiary/aromatic N) is 5. The zero-order chi connectivity index (χ0) is 18.4. The van der Waals surface area contributed by atoms with E-state index >= 15 is 0 Å². The van der Waals surface area contributed by atoms with Gasteiger partial charge in [0.15, 0.2) is 11.8 Å². The summed E-state index contributed by atoms with van der Waals surface area (Å²) in [5, 5.41) is 15.0. The standard InChI is InChI=1S/C19H29N7.HI/c1-4-20-19(21-12-18-24-22-14-25(18)5-2)23-16-10-11-26(13-16)17-8-6-15(3)7-9-17;/h6-9,14,16H,4-5,10-13H2,1-3H3,(H2,20,21,23);1H. The fraction of sp³-hybridized carbons (Fsp3) is 0.526. The Balaban J connectivity index is 0.00000261. The molecule has 0 aliphatic carbocycles. The number of rotatable bonds is 6. The van der Waals surface area contributed by atoms with Crippen molar-refractivity contribution >= 4 is 35.6 Å². The number of aliphatic imine (C=N–C) groups is 1. The van der Waals surface area contributed by atoms with Gasteiger partial charge in [-0.05, 0) is 39.3 Å². The average molecular weight is 483 g/mol. The lowest BCUT2D eigenvalue weighted by molar-refractivity contribution is 0.644. The minimum absolute atomic E-state index is 0. The van der Waals surface area contributed by atoms with Crippen molar-refractivity contribution < 1.29 is 0 Å². The molecule has 2 heterocycles. The molecular formula is C19H30IN7. The Morgan fingerprint density at radius 2 is 2.04 bits per heavy atom. The molecule has 1 aromatic heterocycles. The molecule has 1 aliphatic rings. The van der Waals surface area contributed by atoms with Crippen molar-refractivity contribution in [3.8, 4) is 0 Å². The van der Waals surface area contributed by atoms with Gasteiger partial charge >= 0.3 is 0 Å². The molecule has 27 heavy (non-hydrogen) atoms. The fourth-order valence-electron chi connectivity index (χ4n) is 3.20. The maximum Gasteiger partial charge on any atom is 0.191 e. The van der Waals surface area contributed by atoms with Gasteiger partial charge in [0.2, 0.25) is 0 Å². The first-order valence-corrected chi connectivity index (χ1v) is 9.42. The molecular weight excluding hydrogens is 453 g/mol. The zero-order valence-electron chi connectivity index (χ0n) is 16.4. The molecule has 1 aromatic carbocycles. The average Bonchev–Trinajstić information content (AvgIpc) is 3.29. The molecule has 1 saturated heterocycles. The van der Waals surface area contributed by atoms with Crippen LogP contribution in [0.3, 0.4) is 0 Å². The highest BCUT2D eigenvalue weighted by atomic mass is 127. The first-order valence-electron chi connectivity index (χ1n) is 9.42. The number of aromatic nitrogens is 3. The van der Waals surface area contributed by atoms with Crippen molar-refractivity contribution in [3.05, 3.63) is 42.0 Å². The molecule has 2 aromatic rings. The van der Waals surface area contributed by atoms with Gasteiger partial charge in [0, 0.05) is 37.9 Å². The highest BCUT2D eigenvalue weighted by Crippen LogP contribution is 2.20. The summed E-state index contributed by atoms with van der Waals surface area (Å²) in [4.78, 5) is 7.11. The van der Waals surface area contributed by atoms with Gasteiger partial charge in [-0.25, -0.2) is 4.99 Å².